The summed E-state index contributed by atoms with van der Waals surface area (Å²) in [5, 5.41) is 0. The van der Waals surface area contributed by atoms with Gasteiger partial charge in [-0.25, -0.2) is 9.59 Å². The lowest BCUT2D eigenvalue weighted by Crippen LogP contribution is -2.32. The quantitative estimate of drug-likeness (QED) is 0.791. The Bertz CT molecular complexity index is 836. The van der Waals surface area contributed by atoms with E-state index in [9.17, 15) is 9.59 Å². The van der Waals surface area contributed by atoms with Gasteiger partial charge in [-0.15, -0.1) is 0 Å². The lowest BCUT2D eigenvalue weighted by Gasteiger charge is -2.21. The third-order valence-electron chi connectivity index (χ3n) is 4.58. The normalized spacial score (nSPS) is 13.8. The van der Waals surface area contributed by atoms with Gasteiger partial charge in [0, 0.05) is 18.8 Å². The molecule has 0 atom stereocenters. The number of hydrogen-bond acceptors (Lipinski definition) is 5. The molecule has 142 valence electrons. The molecule has 1 heterocycles. The summed E-state index contributed by atoms with van der Waals surface area (Å²) in [5.74, 6) is -0.00168. The average Bonchev–Trinajstić information content (AvgIpc) is 3.08. The van der Waals surface area contributed by atoms with Crippen LogP contribution in [0.3, 0.4) is 0 Å². The zero-order valence-electron chi connectivity index (χ0n) is 15.5. The predicted molar refractivity (Wildman–Crippen MR) is 104 cm³/mol. The van der Waals surface area contributed by atoms with Gasteiger partial charge < -0.3 is 15.2 Å². The molecule has 1 fully saturated rings. The van der Waals surface area contributed by atoms with Crippen LogP contribution in [0.15, 0.2) is 42.5 Å². The highest BCUT2D eigenvalue weighted by atomic mass is 16.5. The maximum absolute atomic E-state index is 12.9. The van der Waals surface area contributed by atoms with Crippen molar-refractivity contribution in [3.8, 4) is 5.75 Å². The van der Waals surface area contributed by atoms with Crippen molar-refractivity contribution in [3.63, 3.8) is 0 Å². The molecule has 0 aromatic heterocycles. The van der Waals surface area contributed by atoms with Gasteiger partial charge in [0.2, 0.25) is 0 Å². The molecule has 0 radical (unpaired) electrons. The summed E-state index contributed by atoms with van der Waals surface area (Å²) < 4.78 is 10.1. The standard InChI is InChI=1S/C20H23N3O4/c1-26-18-13-15(19(24)27-2)5-8-17(18)23-12-11-22(20(23)25)16-6-3-14(4-7-16)9-10-21/h3-8,13H,9-12,21H2,1-2H3. The van der Waals surface area contributed by atoms with Crippen LogP contribution in [0, 0.1) is 0 Å². The molecule has 2 aromatic rings. The van der Waals surface area contributed by atoms with E-state index in [4.69, 9.17) is 15.2 Å². The molecule has 2 amide bonds. The Kier molecular flexibility index (Phi) is 5.61. The summed E-state index contributed by atoms with van der Waals surface area (Å²) in [4.78, 5) is 28.0. The molecule has 2 N–H and O–H groups in total. The van der Waals surface area contributed by atoms with E-state index in [2.05, 4.69) is 0 Å². The highest BCUT2D eigenvalue weighted by Gasteiger charge is 2.32. The van der Waals surface area contributed by atoms with Crippen LogP contribution < -0.4 is 20.3 Å². The Morgan fingerprint density at radius 1 is 1.07 bits per heavy atom. The van der Waals surface area contributed by atoms with Crippen LogP contribution in [0.4, 0.5) is 16.2 Å². The molecule has 2 aromatic carbocycles. The summed E-state index contributed by atoms with van der Waals surface area (Å²) in [6, 6.07) is 12.6. The number of ether oxygens (including phenoxy) is 2. The predicted octanol–water partition coefficient (Wildman–Crippen LogP) is 2.43. The first-order chi connectivity index (χ1) is 13.1. The van der Waals surface area contributed by atoms with Crippen LogP contribution >= 0.6 is 0 Å². The van der Waals surface area contributed by atoms with Gasteiger partial charge in [-0.1, -0.05) is 12.1 Å². The first-order valence-electron chi connectivity index (χ1n) is 8.73. The lowest BCUT2D eigenvalue weighted by molar-refractivity contribution is 0.0600. The number of rotatable bonds is 6. The van der Waals surface area contributed by atoms with E-state index in [-0.39, 0.29) is 6.03 Å². The molecule has 27 heavy (non-hydrogen) atoms. The minimum Gasteiger partial charge on any atom is -0.495 e. The van der Waals surface area contributed by atoms with Crippen molar-refractivity contribution in [1.82, 2.24) is 0 Å². The minimum atomic E-state index is -0.452. The number of benzene rings is 2. The first kappa shape index (κ1) is 18.7. The number of hydrogen-bond donors (Lipinski definition) is 1. The molecule has 7 heteroatoms. The Balaban J connectivity index is 1.83. The smallest absolute Gasteiger partial charge is 0.337 e. The molecule has 0 spiro atoms. The maximum Gasteiger partial charge on any atom is 0.337 e. The summed E-state index contributed by atoms with van der Waals surface area (Å²) in [5.41, 5.74) is 8.56. The summed E-state index contributed by atoms with van der Waals surface area (Å²) in [6.45, 7) is 1.69. The van der Waals surface area contributed by atoms with E-state index in [1.807, 2.05) is 24.3 Å². The van der Waals surface area contributed by atoms with Crippen LogP contribution in [0.25, 0.3) is 0 Å². The van der Waals surface area contributed by atoms with E-state index in [0.717, 1.165) is 17.7 Å². The number of urea groups is 1. The molecule has 0 unspecified atom stereocenters. The van der Waals surface area contributed by atoms with E-state index >= 15 is 0 Å². The second-order valence-electron chi connectivity index (χ2n) is 6.17. The van der Waals surface area contributed by atoms with Crippen molar-refractivity contribution >= 4 is 23.4 Å². The summed E-state index contributed by atoms with van der Waals surface area (Å²) >= 11 is 0. The van der Waals surface area contributed by atoms with Crippen LogP contribution in [0.5, 0.6) is 5.75 Å². The van der Waals surface area contributed by atoms with Crippen molar-refractivity contribution in [3.05, 3.63) is 53.6 Å². The number of anilines is 2. The van der Waals surface area contributed by atoms with Gasteiger partial charge >= 0.3 is 12.0 Å². The van der Waals surface area contributed by atoms with Gasteiger partial charge in [-0.05, 0) is 48.9 Å². The molecule has 1 aliphatic rings. The fourth-order valence-corrected chi connectivity index (χ4v) is 3.15. The fourth-order valence-electron chi connectivity index (χ4n) is 3.15. The second-order valence-corrected chi connectivity index (χ2v) is 6.17. The fraction of sp³-hybridized carbons (Fsp3) is 0.300. The van der Waals surface area contributed by atoms with Crippen LogP contribution in [0.1, 0.15) is 15.9 Å². The van der Waals surface area contributed by atoms with Gasteiger partial charge in [-0.3, -0.25) is 9.80 Å². The van der Waals surface area contributed by atoms with Crippen LogP contribution in [-0.4, -0.2) is 45.9 Å². The molecular formula is C20H23N3O4. The number of carbonyl (C=O) groups is 2. The number of amides is 2. The molecule has 0 saturated carbocycles. The van der Waals surface area contributed by atoms with E-state index < -0.39 is 5.97 Å². The third kappa shape index (κ3) is 3.73. The molecule has 1 saturated heterocycles. The molecular weight excluding hydrogens is 346 g/mol. The molecule has 0 aliphatic carbocycles. The van der Waals surface area contributed by atoms with Gasteiger partial charge in [-0.2, -0.15) is 0 Å². The highest BCUT2D eigenvalue weighted by molar-refractivity contribution is 6.07. The number of methoxy groups -OCH3 is 2. The van der Waals surface area contributed by atoms with E-state index in [1.54, 1.807) is 28.0 Å². The number of nitrogens with zero attached hydrogens (tertiary/aromatic N) is 2. The number of carbonyl (C=O) groups excluding carboxylic acids is 2. The molecule has 7 nitrogen and oxygen atoms in total. The van der Waals surface area contributed by atoms with Crippen LogP contribution in [-0.2, 0) is 11.2 Å². The Morgan fingerprint density at radius 3 is 2.41 bits per heavy atom. The summed E-state index contributed by atoms with van der Waals surface area (Å²) in [6.07, 6.45) is 0.810. The van der Waals surface area contributed by atoms with E-state index in [1.165, 1.54) is 14.2 Å². The van der Waals surface area contributed by atoms with E-state index in [0.29, 0.717) is 36.6 Å². The van der Waals surface area contributed by atoms with Crippen molar-refractivity contribution in [2.24, 2.45) is 5.73 Å². The molecule has 0 bridgehead atoms. The van der Waals surface area contributed by atoms with Crippen molar-refractivity contribution in [2.45, 2.75) is 6.42 Å². The Morgan fingerprint density at radius 2 is 1.78 bits per heavy atom. The Labute approximate surface area is 158 Å². The van der Waals surface area contributed by atoms with Crippen LogP contribution in [0.2, 0.25) is 0 Å². The van der Waals surface area contributed by atoms with Crippen molar-refractivity contribution in [1.29, 1.82) is 0 Å². The lowest BCUT2D eigenvalue weighted by atomic mass is 10.1. The van der Waals surface area contributed by atoms with Crippen molar-refractivity contribution in [2.75, 3.05) is 43.7 Å². The Hall–Kier alpha value is -3.06. The van der Waals surface area contributed by atoms with Crippen molar-refractivity contribution < 1.29 is 19.1 Å². The maximum atomic E-state index is 12.9. The SMILES string of the molecule is COC(=O)c1ccc(N2CCN(c3ccc(CCN)cc3)C2=O)c(OC)c1. The number of esters is 1. The van der Waals surface area contributed by atoms with Gasteiger partial charge in [0.25, 0.3) is 0 Å². The zero-order chi connectivity index (χ0) is 19.4. The summed E-state index contributed by atoms with van der Waals surface area (Å²) in [7, 11) is 2.83. The van der Waals surface area contributed by atoms with Gasteiger partial charge in [0.05, 0.1) is 25.5 Å². The topological polar surface area (TPSA) is 85.1 Å². The average molecular weight is 369 g/mol. The molecule has 1 aliphatic heterocycles. The van der Waals surface area contributed by atoms with Gasteiger partial charge in [0.1, 0.15) is 5.75 Å². The second kappa shape index (κ2) is 8.09. The van der Waals surface area contributed by atoms with Gasteiger partial charge in [0.15, 0.2) is 0 Å². The first-order valence-corrected chi connectivity index (χ1v) is 8.73. The third-order valence-corrected chi connectivity index (χ3v) is 4.58. The molecule has 3 rings (SSSR count). The minimum absolute atomic E-state index is 0.134. The monoisotopic (exact) mass is 369 g/mol. The number of nitrogens with two attached hydrogens (primary N) is 1. The highest BCUT2D eigenvalue weighted by Crippen LogP contribution is 2.33. The zero-order valence-corrected chi connectivity index (χ0v) is 15.5. The largest absolute Gasteiger partial charge is 0.495 e.